The van der Waals surface area contributed by atoms with Crippen molar-refractivity contribution in [2.75, 3.05) is 15.1 Å². The summed E-state index contributed by atoms with van der Waals surface area (Å²) in [6, 6.07) is 9.36. The minimum absolute atomic E-state index is 0.134. The summed E-state index contributed by atoms with van der Waals surface area (Å²) in [6.45, 7) is 10.8. The average molecular weight is 501 g/mol. The summed E-state index contributed by atoms with van der Waals surface area (Å²) in [5.41, 5.74) is 1.70. The van der Waals surface area contributed by atoms with E-state index in [1.165, 1.54) is 29.4 Å². The molecule has 3 heterocycles. The standard InChI is InChI=1S/C26H21FN6O2S/c1-15-11-19(14-30-22(15)28-3)32-24(35)26(9-4-10-26)33(25(32)36)18-7-8-20(21(27)12-18)23(34)31-17-6-5-16(2)29-13-17/h5-8,11-14H,4,9-10H2,1-2H3,(H,31,34). The van der Waals surface area contributed by atoms with Crippen molar-refractivity contribution in [2.24, 2.45) is 0 Å². The van der Waals surface area contributed by atoms with Crippen molar-refractivity contribution < 1.29 is 14.0 Å². The van der Waals surface area contributed by atoms with E-state index in [1.807, 2.05) is 6.92 Å². The van der Waals surface area contributed by atoms with Gasteiger partial charge in [-0.3, -0.25) is 19.5 Å². The van der Waals surface area contributed by atoms with Crippen LogP contribution in [0.25, 0.3) is 4.85 Å². The van der Waals surface area contributed by atoms with E-state index < -0.39 is 17.3 Å². The van der Waals surface area contributed by atoms with Crippen LogP contribution in [0.1, 0.15) is 40.9 Å². The van der Waals surface area contributed by atoms with Crippen molar-refractivity contribution in [3.8, 4) is 0 Å². The van der Waals surface area contributed by atoms with Crippen molar-refractivity contribution in [2.45, 2.75) is 38.6 Å². The molecule has 36 heavy (non-hydrogen) atoms. The fourth-order valence-corrected chi connectivity index (χ4v) is 5.04. The quantitative estimate of drug-likeness (QED) is 0.397. The lowest BCUT2D eigenvalue weighted by molar-refractivity contribution is -0.123. The molecule has 1 aromatic carbocycles. The Bertz CT molecular complexity index is 1460. The van der Waals surface area contributed by atoms with Crippen LogP contribution in [0, 0.1) is 26.2 Å². The van der Waals surface area contributed by atoms with Crippen molar-refractivity contribution in [3.63, 3.8) is 0 Å². The Hall–Kier alpha value is -4.23. The molecule has 2 fully saturated rings. The number of pyridine rings is 2. The van der Waals surface area contributed by atoms with Gasteiger partial charge in [0.2, 0.25) is 0 Å². The predicted octanol–water partition coefficient (Wildman–Crippen LogP) is 5.10. The molecule has 1 spiro atoms. The number of halogens is 1. The number of thiocarbonyl (C=S) groups is 1. The zero-order valence-corrected chi connectivity index (χ0v) is 20.4. The Labute approximate surface area is 212 Å². The summed E-state index contributed by atoms with van der Waals surface area (Å²) >= 11 is 5.72. The molecule has 5 rings (SSSR count). The van der Waals surface area contributed by atoms with Crippen LogP contribution in [-0.4, -0.2) is 32.4 Å². The molecule has 180 valence electrons. The van der Waals surface area contributed by atoms with Crippen molar-refractivity contribution >= 4 is 52.0 Å². The molecule has 1 saturated carbocycles. The van der Waals surface area contributed by atoms with Gasteiger partial charge in [-0.05, 0) is 87.3 Å². The monoisotopic (exact) mass is 500 g/mol. The zero-order valence-electron chi connectivity index (χ0n) is 19.6. The molecular weight excluding hydrogens is 479 g/mol. The average Bonchev–Trinajstić information content (AvgIpc) is 3.07. The number of rotatable bonds is 4. The molecular formula is C26H21FN6O2S. The SMILES string of the molecule is [C-]#[N+]c1ncc(N2C(=O)C3(CCC3)N(c3ccc(C(=O)Nc4ccc(C)nc4)c(F)c3)C2=S)cc1C. The Balaban J connectivity index is 1.46. The highest BCUT2D eigenvalue weighted by Gasteiger charge is 2.59. The second-order valence-corrected chi connectivity index (χ2v) is 9.26. The number of nitrogens with one attached hydrogen (secondary N) is 1. The molecule has 8 nitrogen and oxygen atoms in total. The molecule has 2 aromatic heterocycles. The van der Waals surface area contributed by atoms with Crippen LogP contribution in [0.3, 0.4) is 0 Å². The number of carbonyl (C=O) groups excluding carboxylic acids is 2. The number of benzene rings is 1. The molecule has 1 saturated heterocycles. The largest absolute Gasteiger partial charge is 0.360 e. The summed E-state index contributed by atoms with van der Waals surface area (Å²) in [5, 5.41) is 2.85. The van der Waals surface area contributed by atoms with E-state index >= 15 is 4.39 Å². The normalized spacial score (nSPS) is 16.2. The Morgan fingerprint density at radius 2 is 1.92 bits per heavy atom. The van der Waals surface area contributed by atoms with Crippen LogP contribution in [0.4, 0.5) is 27.3 Å². The Kier molecular flexibility index (Phi) is 5.73. The molecule has 1 aliphatic carbocycles. The topological polar surface area (TPSA) is 82.8 Å². The maximum atomic E-state index is 15.2. The van der Waals surface area contributed by atoms with Crippen molar-refractivity contribution in [1.82, 2.24) is 9.97 Å². The van der Waals surface area contributed by atoms with Crippen LogP contribution in [0.2, 0.25) is 0 Å². The summed E-state index contributed by atoms with van der Waals surface area (Å²) in [4.78, 5) is 41.0. The fourth-order valence-electron chi connectivity index (χ4n) is 4.57. The lowest BCUT2D eigenvalue weighted by atomic mass is 9.75. The van der Waals surface area contributed by atoms with Crippen LogP contribution in [0.5, 0.6) is 0 Å². The summed E-state index contributed by atoms with van der Waals surface area (Å²) in [5.74, 6) is -1.29. The minimum atomic E-state index is -0.909. The lowest BCUT2D eigenvalue weighted by Gasteiger charge is -2.43. The number of anilines is 3. The highest BCUT2D eigenvalue weighted by molar-refractivity contribution is 7.81. The summed E-state index contributed by atoms with van der Waals surface area (Å²) < 4.78 is 15.2. The highest BCUT2D eigenvalue weighted by atomic mass is 32.1. The number of carbonyl (C=O) groups is 2. The number of aryl methyl sites for hydroxylation is 2. The van der Waals surface area contributed by atoms with Gasteiger partial charge in [0.1, 0.15) is 17.6 Å². The second-order valence-electron chi connectivity index (χ2n) is 8.90. The van der Waals surface area contributed by atoms with E-state index in [2.05, 4.69) is 20.1 Å². The number of nitrogens with zero attached hydrogens (tertiary/aromatic N) is 5. The molecule has 1 aliphatic heterocycles. The van der Waals surface area contributed by atoms with Gasteiger partial charge in [0.25, 0.3) is 17.6 Å². The molecule has 0 bridgehead atoms. The van der Waals surface area contributed by atoms with E-state index in [1.54, 1.807) is 36.1 Å². The molecule has 0 radical (unpaired) electrons. The van der Waals surface area contributed by atoms with Gasteiger partial charge in [0.15, 0.2) is 5.11 Å². The van der Waals surface area contributed by atoms with Gasteiger partial charge in [-0.15, -0.1) is 4.98 Å². The third kappa shape index (κ3) is 3.69. The van der Waals surface area contributed by atoms with Gasteiger partial charge < -0.3 is 15.1 Å². The van der Waals surface area contributed by atoms with Gasteiger partial charge in [0.05, 0.1) is 23.1 Å². The number of amides is 2. The van der Waals surface area contributed by atoms with Crippen LogP contribution in [0.15, 0.2) is 48.8 Å². The van der Waals surface area contributed by atoms with Gasteiger partial charge >= 0.3 is 0 Å². The summed E-state index contributed by atoms with van der Waals surface area (Å²) in [7, 11) is 0. The van der Waals surface area contributed by atoms with E-state index in [0.717, 1.165) is 12.1 Å². The maximum absolute atomic E-state index is 15.2. The first kappa shape index (κ1) is 23.5. The fraction of sp³-hybridized carbons (Fsp3) is 0.231. The Morgan fingerprint density at radius 1 is 1.14 bits per heavy atom. The molecule has 10 heteroatoms. The minimum Gasteiger partial charge on any atom is -0.360 e. The third-order valence-electron chi connectivity index (χ3n) is 6.62. The molecule has 0 atom stereocenters. The van der Waals surface area contributed by atoms with E-state index in [0.29, 0.717) is 35.5 Å². The van der Waals surface area contributed by atoms with Gasteiger partial charge in [-0.25, -0.2) is 4.39 Å². The highest BCUT2D eigenvalue weighted by Crippen LogP contribution is 2.48. The van der Waals surface area contributed by atoms with Crippen LogP contribution < -0.4 is 15.1 Å². The van der Waals surface area contributed by atoms with Gasteiger partial charge in [-0.1, -0.05) is 6.57 Å². The van der Waals surface area contributed by atoms with E-state index in [-0.39, 0.29) is 22.4 Å². The second kappa shape index (κ2) is 8.77. The van der Waals surface area contributed by atoms with E-state index in [4.69, 9.17) is 18.8 Å². The van der Waals surface area contributed by atoms with E-state index in [9.17, 15) is 9.59 Å². The number of hydrogen-bond acceptors (Lipinski definition) is 5. The van der Waals surface area contributed by atoms with Gasteiger partial charge in [0, 0.05) is 11.4 Å². The smallest absolute Gasteiger partial charge is 0.272 e. The number of hydrogen-bond donors (Lipinski definition) is 1. The maximum Gasteiger partial charge on any atom is 0.272 e. The van der Waals surface area contributed by atoms with Crippen LogP contribution >= 0.6 is 12.2 Å². The van der Waals surface area contributed by atoms with Crippen molar-refractivity contribution in [3.05, 3.63) is 82.8 Å². The first-order chi connectivity index (χ1) is 17.2. The molecule has 1 N–H and O–H groups in total. The lowest BCUT2D eigenvalue weighted by Crippen LogP contribution is -2.55. The molecule has 2 amide bonds. The third-order valence-corrected chi connectivity index (χ3v) is 6.98. The molecule has 0 unspecified atom stereocenters. The Morgan fingerprint density at radius 3 is 2.50 bits per heavy atom. The van der Waals surface area contributed by atoms with Gasteiger partial charge in [-0.2, -0.15) is 0 Å². The molecule has 3 aromatic rings. The first-order valence-electron chi connectivity index (χ1n) is 11.3. The predicted molar refractivity (Wildman–Crippen MR) is 138 cm³/mol. The first-order valence-corrected chi connectivity index (χ1v) is 11.7. The number of aromatic nitrogens is 2. The molecule has 2 aliphatic rings. The summed E-state index contributed by atoms with van der Waals surface area (Å²) in [6.07, 6.45) is 4.93. The van der Waals surface area contributed by atoms with Crippen molar-refractivity contribution in [1.29, 1.82) is 0 Å². The van der Waals surface area contributed by atoms with Crippen LogP contribution in [-0.2, 0) is 4.79 Å². The zero-order chi connectivity index (χ0) is 25.6.